The Morgan fingerprint density at radius 1 is 1.17 bits per heavy atom. The van der Waals surface area contributed by atoms with Crippen molar-refractivity contribution in [1.82, 2.24) is 9.78 Å². The minimum Gasteiger partial charge on any atom is -0.449 e. The van der Waals surface area contributed by atoms with E-state index in [2.05, 4.69) is 5.10 Å². The molecule has 1 aromatic heterocycles. The van der Waals surface area contributed by atoms with Crippen molar-refractivity contribution in [3.63, 3.8) is 0 Å². The van der Waals surface area contributed by atoms with Gasteiger partial charge in [0.15, 0.2) is 11.8 Å². The molecule has 0 bridgehead atoms. The highest BCUT2D eigenvalue weighted by molar-refractivity contribution is 6.01. The Morgan fingerprint density at radius 3 is 2.54 bits per heavy atom. The molecule has 0 N–H and O–H groups in total. The molecule has 6 nitrogen and oxygen atoms in total. The van der Waals surface area contributed by atoms with E-state index in [1.807, 2.05) is 6.92 Å². The standard InChI is InChI=1S/C18H20N2O4/c1-3-4-12-20-16(21)11-10-15(19-20)18(23)24-13(2)17(22)14-8-6-5-7-9-14/h5-11,13H,3-4,12H2,1-2H3. The summed E-state index contributed by atoms with van der Waals surface area (Å²) in [6.07, 6.45) is 0.761. The first kappa shape index (κ1) is 17.6. The van der Waals surface area contributed by atoms with Crippen LogP contribution < -0.4 is 5.56 Å². The van der Waals surface area contributed by atoms with E-state index < -0.39 is 12.1 Å². The number of hydrogen-bond acceptors (Lipinski definition) is 5. The van der Waals surface area contributed by atoms with Gasteiger partial charge in [0.25, 0.3) is 5.56 Å². The number of benzene rings is 1. The second-order valence-electron chi connectivity index (χ2n) is 5.41. The summed E-state index contributed by atoms with van der Waals surface area (Å²) in [4.78, 5) is 36.1. The van der Waals surface area contributed by atoms with Crippen LogP contribution in [0, 0.1) is 0 Å². The molecular formula is C18H20N2O4. The minimum absolute atomic E-state index is 0.0124. The zero-order chi connectivity index (χ0) is 17.5. The molecule has 0 radical (unpaired) electrons. The van der Waals surface area contributed by atoms with E-state index in [4.69, 9.17) is 4.74 Å². The van der Waals surface area contributed by atoms with E-state index in [-0.39, 0.29) is 17.0 Å². The molecule has 1 unspecified atom stereocenters. The SMILES string of the molecule is CCCCn1nc(C(=O)OC(C)C(=O)c2ccccc2)ccc1=O. The molecule has 0 fully saturated rings. The third-order valence-corrected chi connectivity index (χ3v) is 3.51. The molecule has 1 heterocycles. The zero-order valence-corrected chi connectivity index (χ0v) is 13.8. The van der Waals surface area contributed by atoms with Crippen LogP contribution >= 0.6 is 0 Å². The number of Topliss-reactive ketones (excluding diaryl/α,β-unsaturated/α-hetero) is 1. The highest BCUT2D eigenvalue weighted by atomic mass is 16.5. The lowest BCUT2D eigenvalue weighted by molar-refractivity contribution is 0.0310. The van der Waals surface area contributed by atoms with Crippen LogP contribution in [0.3, 0.4) is 0 Å². The Balaban J connectivity index is 2.09. The Labute approximate surface area is 140 Å². The van der Waals surface area contributed by atoms with Crippen molar-refractivity contribution >= 4 is 11.8 Å². The van der Waals surface area contributed by atoms with Crippen molar-refractivity contribution in [2.45, 2.75) is 39.3 Å². The Hall–Kier alpha value is -2.76. The molecule has 0 aliphatic carbocycles. The summed E-state index contributed by atoms with van der Waals surface area (Å²) in [5.41, 5.74) is 0.213. The van der Waals surface area contributed by atoms with Crippen molar-refractivity contribution in [3.8, 4) is 0 Å². The number of carbonyl (C=O) groups is 2. The third kappa shape index (κ3) is 4.38. The van der Waals surface area contributed by atoms with E-state index in [0.717, 1.165) is 12.8 Å². The maximum Gasteiger partial charge on any atom is 0.359 e. The monoisotopic (exact) mass is 328 g/mol. The maximum absolute atomic E-state index is 12.2. The lowest BCUT2D eigenvalue weighted by atomic mass is 10.1. The second-order valence-corrected chi connectivity index (χ2v) is 5.41. The van der Waals surface area contributed by atoms with Crippen LogP contribution in [-0.2, 0) is 11.3 Å². The van der Waals surface area contributed by atoms with E-state index in [0.29, 0.717) is 12.1 Å². The van der Waals surface area contributed by atoms with Gasteiger partial charge in [-0.15, -0.1) is 0 Å². The minimum atomic E-state index is -0.933. The normalized spacial score (nSPS) is 11.8. The quantitative estimate of drug-likeness (QED) is 0.576. The Bertz CT molecular complexity index is 768. The van der Waals surface area contributed by atoms with Gasteiger partial charge in [0.1, 0.15) is 0 Å². The van der Waals surface area contributed by atoms with Crippen molar-refractivity contribution in [3.05, 3.63) is 64.1 Å². The second kappa shape index (κ2) is 8.19. The molecule has 126 valence electrons. The molecule has 0 saturated carbocycles. The molecule has 0 amide bonds. The molecule has 1 atom stereocenters. The highest BCUT2D eigenvalue weighted by Gasteiger charge is 2.21. The average Bonchev–Trinajstić information content (AvgIpc) is 2.61. The van der Waals surface area contributed by atoms with Gasteiger partial charge in [-0.05, 0) is 19.4 Å². The van der Waals surface area contributed by atoms with Crippen LogP contribution in [0.4, 0.5) is 0 Å². The summed E-state index contributed by atoms with van der Waals surface area (Å²) < 4.78 is 6.43. The number of unbranched alkanes of at least 4 members (excludes halogenated alkanes) is 1. The number of nitrogens with zero attached hydrogens (tertiary/aromatic N) is 2. The van der Waals surface area contributed by atoms with E-state index >= 15 is 0 Å². The number of aromatic nitrogens is 2. The van der Waals surface area contributed by atoms with Crippen molar-refractivity contribution in [2.24, 2.45) is 0 Å². The number of esters is 1. The van der Waals surface area contributed by atoms with Crippen molar-refractivity contribution < 1.29 is 14.3 Å². The average molecular weight is 328 g/mol. The topological polar surface area (TPSA) is 78.3 Å². The molecule has 2 rings (SSSR count). The van der Waals surface area contributed by atoms with Crippen LogP contribution in [0.2, 0.25) is 0 Å². The molecule has 1 aromatic carbocycles. The first-order chi connectivity index (χ1) is 11.5. The lowest BCUT2D eigenvalue weighted by Gasteiger charge is -2.12. The molecular weight excluding hydrogens is 308 g/mol. The van der Waals surface area contributed by atoms with Gasteiger partial charge in [0.05, 0.1) is 0 Å². The Morgan fingerprint density at radius 2 is 1.88 bits per heavy atom. The molecule has 0 spiro atoms. The van der Waals surface area contributed by atoms with Gasteiger partial charge in [-0.25, -0.2) is 9.48 Å². The Kier molecular flexibility index (Phi) is 6.01. The maximum atomic E-state index is 12.2. The van der Waals surface area contributed by atoms with Crippen molar-refractivity contribution in [2.75, 3.05) is 0 Å². The molecule has 6 heteroatoms. The number of aryl methyl sites for hydroxylation is 1. The predicted octanol–water partition coefficient (Wildman–Crippen LogP) is 2.47. The lowest BCUT2D eigenvalue weighted by Crippen LogP contribution is -2.28. The van der Waals surface area contributed by atoms with Crippen LogP contribution in [0.15, 0.2) is 47.3 Å². The number of rotatable bonds is 7. The first-order valence-corrected chi connectivity index (χ1v) is 7.91. The summed E-state index contributed by atoms with van der Waals surface area (Å²) in [6.45, 7) is 3.95. The zero-order valence-electron chi connectivity index (χ0n) is 13.8. The molecule has 24 heavy (non-hydrogen) atoms. The van der Waals surface area contributed by atoms with Gasteiger partial charge in [-0.2, -0.15) is 5.10 Å². The first-order valence-electron chi connectivity index (χ1n) is 7.91. The van der Waals surface area contributed by atoms with Crippen LogP contribution in [0.1, 0.15) is 47.5 Å². The molecule has 0 saturated heterocycles. The molecule has 2 aromatic rings. The van der Waals surface area contributed by atoms with Gasteiger partial charge in [0, 0.05) is 18.2 Å². The van der Waals surface area contributed by atoms with Gasteiger partial charge in [-0.3, -0.25) is 9.59 Å². The van der Waals surface area contributed by atoms with Crippen LogP contribution in [-0.4, -0.2) is 27.6 Å². The predicted molar refractivity (Wildman–Crippen MR) is 89.1 cm³/mol. The van der Waals surface area contributed by atoms with E-state index in [1.165, 1.54) is 23.7 Å². The smallest absolute Gasteiger partial charge is 0.359 e. The number of ether oxygens (including phenoxy) is 1. The molecule has 0 aliphatic heterocycles. The summed E-state index contributed by atoms with van der Waals surface area (Å²) >= 11 is 0. The van der Waals surface area contributed by atoms with Crippen LogP contribution in [0.5, 0.6) is 0 Å². The van der Waals surface area contributed by atoms with Gasteiger partial charge >= 0.3 is 5.97 Å². The largest absolute Gasteiger partial charge is 0.449 e. The van der Waals surface area contributed by atoms with Gasteiger partial charge < -0.3 is 4.74 Å². The summed E-state index contributed by atoms with van der Waals surface area (Å²) in [5, 5.41) is 4.01. The summed E-state index contributed by atoms with van der Waals surface area (Å²) in [7, 11) is 0. The van der Waals surface area contributed by atoms with Crippen molar-refractivity contribution in [1.29, 1.82) is 0 Å². The van der Waals surface area contributed by atoms with Gasteiger partial charge in [-0.1, -0.05) is 43.7 Å². The highest BCUT2D eigenvalue weighted by Crippen LogP contribution is 2.08. The fraction of sp³-hybridized carbons (Fsp3) is 0.333. The van der Waals surface area contributed by atoms with E-state index in [9.17, 15) is 14.4 Å². The van der Waals surface area contributed by atoms with E-state index in [1.54, 1.807) is 30.3 Å². The number of ketones is 1. The summed E-state index contributed by atoms with van der Waals surface area (Å²) in [6, 6.07) is 11.2. The molecule has 0 aliphatic rings. The fourth-order valence-electron chi connectivity index (χ4n) is 2.14. The van der Waals surface area contributed by atoms with Crippen LogP contribution in [0.25, 0.3) is 0 Å². The number of hydrogen-bond donors (Lipinski definition) is 0. The van der Waals surface area contributed by atoms with Gasteiger partial charge in [0.2, 0.25) is 5.78 Å². The number of carbonyl (C=O) groups excluding carboxylic acids is 2. The fourth-order valence-corrected chi connectivity index (χ4v) is 2.14. The third-order valence-electron chi connectivity index (χ3n) is 3.51. The summed E-state index contributed by atoms with van der Waals surface area (Å²) in [5.74, 6) is -1.01.